The maximum absolute atomic E-state index is 12.5. The van der Waals surface area contributed by atoms with Crippen molar-refractivity contribution in [3.05, 3.63) is 51.7 Å². The van der Waals surface area contributed by atoms with Crippen LogP contribution in [0.2, 0.25) is 0 Å². The zero-order valence-corrected chi connectivity index (χ0v) is 18.9. The van der Waals surface area contributed by atoms with Crippen LogP contribution in [0.3, 0.4) is 0 Å². The molecule has 31 heavy (non-hydrogen) atoms. The molecule has 1 aromatic carbocycles. The largest absolute Gasteiger partial charge is 0.477 e. The lowest BCUT2D eigenvalue weighted by molar-refractivity contribution is -0.117. The van der Waals surface area contributed by atoms with Crippen molar-refractivity contribution in [3.63, 3.8) is 0 Å². The zero-order valence-electron chi connectivity index (χ0n) is 18.1. The van der Waals surface area contributed by atoms with E-state index in [9.17, 15) is 9.59 Å². The number of aromatic carboxylic acids is 1. The number of rotatable bonds is 13. The number of carboxylic acid groups (broad SMARTS) is 1. The number of aliphatic hydroxyl groups excluding tert-OH is 1. The molecule has 1 amide bonds. The molecule has 1 aliphatic heterocycles. The first-order chi connectivity index (χ1) is 15.1. The lowest BCUT2D eigenvalue weighted by Crippen LogP contribution is -2.32. The van der Waals surface area contributed by atoms with Gasteiger partial charge in [-0.3, -0.25) is 4.79 Å². The fraction of sp³-hybridized carbons (Fsp3) is 0.520. The monoisotopic (exact) mass is 443 g/mol. The Kier molecular flexibility index (Phi) is 9.10. The van der Waals surface area contributed by atoms with Crippen LogP contribution in [0.15, 0.2) is 36.4 Å². The number of carboxylic acids is 1. The number of nitrogens with zero attached hydrogens (tertiary/aromatic N) is 1. The van der Waals surface area contributed by atoms with Crippen molar-refractivity contribution in [1.29, 1.82) is 0 Å². The van der Waals surface area contributed by atoms with E-state index >= 15 is 0 Å². The summed E-state index contributed by atoms with van der Waals surface area (Å²) >= 11 is 1.34. The number of thiophene rings is 1. The Hall–Kier alpha value is -2.18. The average molecular weight is 444 g/mol. The van der Waals surface area contributed by atoms with E-state index in [1.807, 2.05) is 11.0 Å². The van der Waals surface area contributed by atoms with Gasteiger partial charge in [-0.2, -0.15) is 0 Å². The van der Waals surface area contributed by atoms with Crippen molar-refractivity contribution in [1.82, 2.24) is 0 Å². The quantitative estimate of drug-likeness (QED) is 0.404. The van der Waals surface area contributed by atoms with Crippen molar-refractivity contribution < 1.29 is 19.8 Å². The summed E-state index contributed by atoms with van der Waals surface area (Å²) in [6.07, 6.45) is 10.8. The van der Waals surface area contributed by atoms with Gasteiger partial charge in [-0.1, -0.05) is 31.4 Å². The summed E-state index contributed by atoms with van der Waals surface area (Å²) in [5.74, 6) is -0.667. The molecule has 0 saturated carbocycles. The molecule has 2 heterocycles. The molecule has 3 rings (SSSR count). The number of aliphatic hydroxyl groups is 1. The number of unbranched alkanes of at least 4 members (excludes halogenated alkanes) is 4. The summed E-state index contributed by atoms with van der Waals surface area (Å²) in [4.78, 5) is 27.0. The molecule has 0 radical (unpaired) electrons. The van der Waals surface area contributed by atoms with Gasteiger partial charge in [0, 0.05) is 29.6 Å². The highest BCUT2D eigenvalue weighted by Crippen LogP contribution is 2.30. The van der Waals surface area contributed by atoms with E-state index in [1.165, 1.54) is 29.7 Å². The molecule has 0 bridgehead atoms. The molecule has 0 spiro atoms. The number of hydrogen-bond acceptors (Lipinski definition) is 4. The van der Waals surface area contributed by atoms with Crippen LogP contribution >= 0.6 is 11.3 Å². The molecule has 1 aromatic heterocycles. The molecule has 1 saturated heterocycles. The molecule has 2 N–H and O–H groups in total. The maximum Gasteiger partial charge on any atom is 0.345 e. The van der Waals surface area contributed by atoms with Gasteiger partial charge in [0.1, 0.15) is 4.88 Å². The van der Waals surface area contributed by atoms with Crippen LogP contribution in [-0.2, 0) is 17.6 Å². The third-order valence-corrected chi connectivity index (χ3v) is 7.13. The fourth-order valence-corrected chi connectivity index (χ4v) is 5.19. The molecule has 1 atom stereocenters. The van der Waals surface area contributed by atoms with Gasteiger partial charge in [0.25, 0.3) is 0 Å². The maximum atomic E-state index is 12.5. The SMILES string of the molecule is O=C(O)c1ccc(CCC[C@H]2CCC(=O)N2c2ccc(CCCCCCCO)cc2)s1. The number of hydrogen-bond donors (Lipinski definition) is 2. The Bertz CT molecular complexity index is 845. The second-order valence-electron chi connectivity index (χ2n) is 8.33. The molecule has 1 aliphatic rings. The minimum Gasteiger partial charge on any atom is -0.477 e. The zero-order chi connectivity index (χ0) is 22.1. The third kappa shape index (κ3) is 6.91. The van der Waals surface area contributed by atoms with E-state index in [2.05, 4.69) is 24.3 Å². The minimum atomic E-state index is -0.867. The summed E-state index contributed by atoms with van der Waals surface area (Å²) < 4.78 is 0. The van der Waals surface area contributed by atoms with Crippen LogP contribution in [0.1, 0.15) is 77.9 Å². The van der Waals surface area contributed by atoms with Crippen LogP contribution in [0.5, 0.6) is 0 Å². The number of amides is 1. The average Bonchev–Trinajstić information content (AvgIpc) is 3.38. The molecule has 168 valence electrons. The predicted molar refractivity (Wildman–Crippen MR) is 125 cm³/mol. The molecular weight excluding hydrogens is 410 g/mol. The van der Waals surface area contributed by atoms with Crippen LogP contribution < -0.4 is 4.90 Å². The van der Waals surface area contributed by atoms with Gasteiger partial charge in [-0.05, 0) is 74.8 Å². The van der Waals surface area contributed by atoms with Gasteiger partial charge >= 0.3 is 5.97 Å². The second-order valence-corrected chi connectivity index (χ2v) is 9.50. The summed E-state index contributed by atoms with van der Waals surface area (Å²) in [6, 6.07) is 12.2. The predicted octanol–water partition coefficient (Wildman–Crippen LogP) is 5.45. The Morgan fingerprint density at radius 3 is 2.42 bits per heavy atom. The Labute approximate surface area is 188 Å². The van der Waals surface area contributed by atoms with Gasteiger partial charge in [0.05, 0.1) is 0 Å². The lowest BCUT2D eigenvalue weighted by atomic mass is 10.0. The van der Waals surface area contributed by atoms with E-state index < -0.39 is 5.97 Å². The van der Waals surface area contributed by atoms with Gasteiger partial charge in [0.15, 0.2) is 0 Å². The smallest absolute Gasteiger partial charge is 0.345 e. The van der Waals surface area contributed by atoms with Gasteiger partial charge in [-0.25, -0.2) is 4.79 Å². The molecular formula is C25H33NO4S. The first-order valence-electron chi connectivity index (χ1n) is 11.4. The van der Waals surface area contributed by atoms with Crippen LogP contribution in [0, 0.1) is 0 Å². The fourth-order valence-electron chi connectivity index (χ4n) is 4.31. The van der Waals surface area contributed by atoms with Gasteiger partial charge in [0.2, 0.25) is 5.91 Å². The van der Waals surface area contributed by atoms with Crippen molar-refractivity contribution in [2.45, 2.75) is 76.7 Å². The summed E-state index contributed by atoms with van der Waals surface area (Å²) in [6.45, 7) is 0.289. The second kappa shape index (κ2) is 12.0. The number of carbonyl (C=O) groups is 2. The van der Waals surface area contributed by atoms with Crippen LogP contribution in [0.4, 0.5) is 5.69 Å². The van der Waals surface area contributed by atoms with Crippen LogP contribution in [0.25, 0.3) is 0 Å². The van der Waals surface area contributed by atoms with Gasteiger partial charge < -0.3 is 15.1 Å². The van der Waals surface area contributed by atoms with Crippen molar-refractivity contribution in [2.24, 2.45) is 0 Å². The van der Waals surface area contributed by atoms with E-state index in [1.54, 1.807) is 6.07 Å². The minimum absolute atomic E-state index is 0.200. The highest BCUT2D eigenvalue weighted by atomic mass is 32.1. The summed E-state index contributed by atoms with van der Waals surface area (Å²) in [7, 11) is 0. The number of aryl methyl sites for hydroxylation is 2. The van der Waals surface area contributed by atoms with E-state index in [0.717, 1.165) is 61.9 Å². The topological polar surface area (TPSA) is 77.8 Å². The first kappa shape index (κ1) is 23.5. The Morgan fingerprint density at radius 1 is 0.968 bits per heavy atom. The van der Waals surface area contributed by atoms with Crippen molar-refractivity contribution in [2.75, 3.05) is 11.5 Å². The first-order valence-corrected chi connectivity index (χ1v) is 12.2. The third-order valence-electron chi connectivity index (χ3n) is 6.00. The molecule has 5 nitrogen and oxygen atoms in total. The molecule has 6 heteroatoms. The van der Waals surface area contributed by atoms with Crippen molar-refractivity contribution in [3.8, 4) is 0 Å². The number of anilines is 1. The number of carbonyl (C=O) groups excluding carboxylic acids is 1. The highest BCUT2D eigenvalue weighted by molar-refractivity contribution is 7.13. The molecule has 2 aromatic rings. The summed E-state index contributed by atoms with van der Waals surface area (Å²) in [5.41, 5.74) is 2.30. The molecule has 0 aliphatic carbocycles. The summed E-state index contributed by atoms with van der Waals surface area (Å²) in [5, 5.41) is 17.9. The van der Waals surface area contributed by atoms with Crippen LogP contribution in [-0.4, -0.2) is 34.7 Å². The number of benzene rings is 1. The molecule has 1 fully saturated rings. The Morgan fingerprint density at radius 2 is 1.71 bits per heavy atom. The normalized spacial score (nSPS) is 16.2. The Balaban J connectivity index is 1.47. The lowest BCUT2D eigenvalue weighted by Gasteiger charge is -2.25. The van der Waals surface area contributed by atoms with Crippen molar-refractivity contribution >= 4 is 28.9 Å². The standard InChI is InChI=1S/C25H33NO4S/c27-18-5-3-1-2-4-7-19-10-12-21(13-11-19)26-20(14-17-24(26)28)8-6-9-22-15-16-23(31-22)25(29)30/h10-13,15-16,20,27H,1-9,14,17-18H2,(H,29,30)/t20-/m0/s1. The van der Waals surface area contributed by atoms with E-state index in [-0.39, 0.29) is 18.6 Å². The highest BCUT2D eigenvalue weighted by Gasteiger charge is 2.31. The van der Waals surface area contributed by atoms with Gasteiger partial charge in [-0.15, -0.1) is 11.3 Å². The van der Waals surface area contributed by atoms with E-state index in [4.69, 9.17) is 10.2 Å². The molecule has 0 unspecified atom stereocenters. The van der Waals surface area contributed by atoms with E-state index in [0.29, 0.717) is 11.3 Å².